The fourth-order valence-corrected chi connectivity index (χ4v) is 12.0. The summed E-state index contributed by atoms with van der Waals surface area (Å²) < 4.78 is 111. The Morgan fingerprint density at radius 3 is 0.938 bits per heavy atom. The molecule has 0 saturated carbocycles. The van der Waals surface area contributed by atoms with Crippen LogP contribution in [0.15, 0.2) is 0 Å². The van der Waals surface area contributed by atoms with Gasteiger partial charge in [-0.1, -0.05) is 0 Å². The van der Waals surface area contributed by atoms with Gasteiger partial charge in [0.05, 0.1) is 0 Å². The molecule has 0 fully saturated rings. The molecule has 0 amide bonds. The third kappa shape index (κ3) is 3.74. The van der Waals surface area contributed by atoms with Crippen molar-refractivity contribution in [1.82, 2.24) is 0 Å². The van der Waals surface area contributed by atoms with Gasteiger partial charge in [0, 0.05) is 0 Å². The zero-order chi connectivity index (χ0) is 13.4. The smallest absolute Gasteiger partial charge is 0.228 e. The summed E-state index contributed by atoms with van der Waals surface area (Å²) in [6.45, 7) is 0. The summed E-state index contributed by atoms with van der Waals surface area (Å²) in [6, 6.07) is 0. The van der Waals surface area contributed by atoms with Crippen molar-refractivity contribution in [2.75, 3.05) is 0 Å². The first-order valence-electron chi connectivity index (χ1n) is 2.87. The van der Waals surface area contributed by atoms with Gasteiger partial charge in [0.15, 0.2) is 0 Å². The van der Waals surface area contributed by atoms with Crippen molar-refractivity contribution in [2.45, 2.75) is 11.0 Å². The van der Waals surface area contributed by atoms with Gasteiger partial charge in [0.25, 0.3) is 0 Å². The minimum Gasteiger partial charge on any atom is -0.228 e. The minimum absolute atomic E-state index is 2.40. The average molecular weight is 322 g/mol. The van der Waals surface area contributed by atoms with Crippen LogP contribution in [-0.4, -0.2) is 44.2 Å². The third-order valence-electron chi connectivity index (χ3n) is 0.920. The Balaban J connectivity index is 4.88. The molecule has 14 heteroatoms. The normalized spacial score (nSPS) is 15.1. The SMILES string of the molecule is O=S(=O)([Si][Si]S(=O)(=O)C(F)(F)F)C(F)(F)F. The molecule has 0 N–H and O–H groups in total. The molecule has 0 unspecified atom stereocenters. The Bertz CT molecular complexity index is 400. The molecule has 16 heavy (non-hydrogen) atoms. The first-order chi connectivity index (χ1) is 6.71. The van der Waals surface area contributed by atoms with E-state index in [1.54, 1.807) is 0 Å². The maximum atomic E-state index is 11.7. The monoisotopic (exact) mass is 322 g/mol. The van der Waals surface area contributed by atoms with Gasteiger partial charge in [0.1, 0.15) is 0 Å². The molecule has 0 spiro atoms. The van der Waals surface area contributed by atoms with Gasteiger partial charge in [-0.3, -0.25) is 0 Å². The summed E-state index contributed by atoms with van der Waals surface area (Å²) in [5.41, 5.74) is -11.5. The number of rotatable bonds is 3. The van der Waals surface area contributed by atoms with Crippen molar-refractivity contribution in [3.05, 3.63) is 0 Å². The molecular weight excluding hydrogens is 322 g/mol. The van der Waals surface area contributed by atoms with Crippen LogP contribution in [0.5, 0.6) is 0 Å². The lowest BCUT2D eigenvalue weighted by Crippen LogP contribution is -2.38. The third-order valence-corrected chi connectivity index (χ3v) is 13.8. The molecule has 0 aliphatic heterocycles. The summed E-state index contributed by atoms with van der Waals surface area (Å²) in [4.78, 5) is 0. The number of alkyl halides is 6. The van der Waals surface area contributed by atoms with Crippen LogP contribution < -0.4 is 0 Å². The lowest BCUT2D eigenvalue weighted by Gasteiger charge is -2.08. The molecule has 4 nitrogen and oxygen atoms in total. The minimum atomic E-state index is -5.83. The van der Waals surface area contributed by atoms with E-state index in [4.69, 9.17) is 0 Å². The molecule has 0 aromatic carbocycles. The molecule has 4 radical (unpaired) electrons. The van der Waals surface area contributed by atoms with Crippen molar-refractivity contribution in [3.8, 4) is 0 Å². The van der Waals surface area contributed by atoms with Crippen molar-refractivity contribution in [2.24, 2.45) is 0 Å². The van der Waals surface area contributed by atoms with E-state index < -0.39 is 46.0 Å². The number of hydrogen-bond acceptors (Lipinski definition) is 4. The van der Waals surface area contributed by atoms with Crippen LogP contribution in [0.2, 0.25) is 0 Å². The summed E-state index contributed by atoms with van der Waals surface area (Å²) in [5.74, 6) is 0. The van der Waals surface area contributed by atoms with Crippen LogP contribution in [0.3, 0.4) is 0 Å². The molecule has 94 valence electrons. The van der Waals surface area contributed by atoms with Gasteiger partial charge in [0.2, 0.25) is 34.9 Å². The van der Waals surface area contributed by atoms with Crippen molar-refractivity contribution < 1.29 is 43.2 Å². The average Bonchev–Trinajstić information content (AvgIpc) is 1.97. The van der Waals surface area contributed by atoms with Crippen LogP contribution in [-0.2, 0) is 18.6 Å². The van der Waals surface area contributed by atoms with Gasteiger partial charge in [-0.2, -0.15) is 26.3 Å². The zero-order valence-corrected chi connectivity index (χ0v) is 10.4. The summed E-state index contributed by atoms with van der Waals surface area (Å²) >= 11 is 0. The molecule has 0 aromatic heterocycles. The summed E-state index contributed by atoms with van der Waals surface area (Å²) in [5, 5.41) is 0. The summed E-state index contributed by atoms with van der Waals surface area (Å²) in [7, 11) is -16.5. The highest BCUT2D eigenvalue weighted by Gasteiger charge is 2.51. The maximum Gasteiger partial charge on any atom is 0.490 e. The van der Waals surface area contributed by atoms with Crippen molar-refractivity contribution in [3.63, 3.8) is 0 Å². The van der Waals surface area contributed by atoms with E-state index in [9.17, 15) is 43.2 Å². The van der Waals surface area contributed by atoms with E-state index in [-0.39, 0.29) is 0 Å². The number of hydrogen-bond donors (Lipinski definition) is 0. The van der Waals surface area contributed by atoms with E-state index >= 15 is 0 Å². The molecule has 0 saturated heterocycles. The molecular formula is C2F6O4S2Si2. The first kappa shape index (κ1) is 15.9. The van der Waals surface area contributed by atoms with Crippen LogP contribution in [0, 0.1) is 0 Å². The highest BCUT2D eigenvalue weighted by atomic mass is 32.5. The fourth-order valence-electron chi connectivity index (χ4n) is 0.225. The molecule has 0 aromatic rings. The second kappa shape index (κ2) is 4.30. The van der Waals surface area contributed by atoms with E-state index in [0.717, 1.165) is 0 Å². The second-order valence-electron chi connectivity index (χ2n) is 2.10. The Labute approximate surface area is 89.6 Å². The van der Waals surface area contributed by atoms with Crippen LogP contribution in [0.25, 0.3) is 0 Å². The molecule has 0 heterocycles. The van der Waals surface area contributed by atoms with Gasteiger partial charge in [-0.05, 0) is 0 Å². The predicted octanol–water partition coefficient (Wildman–Crippen LogP) is 0.00900. The standard InChI is InChI=1S/C2F6O4S2Si2/c3-1(4,5)13(9,10)15-16-14(11,12)2(6,7)8. The first-order valence-corrected chi connectivity index (χ1v) is 10.3. The Morgan fingerprint density at radius 1 is 0.625 bits per heavy atom. The predicted molar refractivity (Wildman–Crippen MR) is 41.5 cm³/mol. The molecule has 0 aliphatic carbocycles. The van der Waals surface area contributed by atoms with Crippen LogP contribution in [0.1, 0.15) is 0 Å². The molecule has 0 atom stereocenters. The van der Waals surface area contributed by atoms with Crippen molar-refractivity contribution in [1.29, 1.82) is 0 Å². The molecule has 0 bridgehead atoms. The fraction of sp³-hybridized carbons (Fsp3) is 1.00. The quantitative estimate of drug-likeness (QED) is 0.542. The lowest BCUT2D eigenvalue weighted by molar-refractivity contribution is -0.0422. The van der Waals surface area contributed by atoms with Crippen LogP contribution in [0.4, 0.5) is 26.3 Å². The van der Waals surface area contributed by atoms with Gasteiger partial charge < -0.3 is 0 Å². The number of halogens is 6. The highest BCUT2D eigenvalue weighted by Crippen LogP contribution is 2.25. The largest absolute Gasteiger partial charge is 0.490 e. The topological polar surface area (TPSA) is 68.3 Å². The zero-order valence-electron chi connectivity index (χ0n) is 6.72. The van der Waals surface area contributed by atoms with Gasteiger partial charge in [-0.15, -0.1) is 0 Å². The second-order valence-corrected chi connectivity index (χ2v) is 13.6. The van der Waals surface area contributed by atoms with E-state index in [2.05, 4.69) is 0 Å². The van der Waals surface area contributed by atoms with E-state index in [1.165, 1.54) is 0 Å². The van der Waals surface area contributed by atoms with Crippen molar-refractivity contribution >= 4 is 34.9 Å². The summed E-state index contributed by atoms with van der Waals surface area (Å²) in [6.07, 6.45) is 0. The molecule has 0 aliphatic rings. The van der Waals surface area contributed by atoms with Crippen LogP contribution >= 0.6 is 0 Å². The Morgan fingerprint density at radius 2 is 0.812 bits per heavy atom. The molecule has 0 rings (SSSR count). The lowest BCUT2D eigenvalue weighted by atomic mass is 11.6. The Hall–Kier alpha value is -0.0862. The van der Waals surface area contributed by atoms with E-state index in [1.807, 2.05) is 0 Å². The van der Waals surface area contributed by atoms with Gasteiger partial charge in [-0.25, -0.2) is 16.8 Å². The highest BCUT2D eigenvalue weighted by molar-refractivity contribution is 8.33. The van der Waals surface area contributed by atoms with E-state index in [0.29, 0.717) is 0 Å². The van der Waals surface area contributed by atoms with Gasteiger partial charge >= 0.3 is 11.0 Å². The maximum absolute atomic E-state index is 11.7. The Kier molecular flexibility index (Phi) is 4.28.